The van der Waals surface area contributed by atoms with Crippen molar-refractivity contribution >= 4 is 5.91 Å². The summed E-state index contributed by atoms with van der Waals surface area (Å²) >= 11 is 0. The molecule has 2 saturated heterocycles. The number of pyridine rings is 1. The minimum atomic E-state index is -0.175. The standard InChI is InChI=1S/C18H27N3O3/c1-20(2)9-5-17(22)21-13-18(14-21)16(6-10-24-18)12-23-11-15-3-7-19-8-4-15/h3-4,7-8,16H,5-6,9-14H2,1-2H3/t16-/m0/s1. The molecule has 0 aromatic carbocycles. The molecule has 6 heteroatoms. The van der Waals surface area contributed by atoms with Gasteiger partial charge in [0.25, 0.3) is 0 Å². The van der Waals surface area contributed by atoms with Gasteiger partial charge in [0.05, 0.1) is 26.3 Å². The van der Waals surface area contributed by atoms with Crippen LogP contribution in [0.1, 0.15) is 18.4 Å². The molecule has 2 aliphatic heterocycles. The summed E-state index contributed by atoms with van der Waals surface area (Å²) in [7, 11) is 3.97. The van der Waals surface area contributed by atoms with Gasteiger partial charge in [-0.05, 0) is 38.2 Å². The number of rotatable bonds is 7. The van der Waals surface area contributed by atoms with Gasteiger partial charge in [0, 0.05) is 37.9 Å². The molecule has 0 aliphatic carbocycles. The second-order valence-corrected chi connectivity index (χ2v) is 7.07. The van der Waals surface area contributed by atoms with Gasteiger partial charge in [-0.25, -0.2) is 0 Å². The van der Waals surface area contributed by atoms with Gasteiger partial charge in [0.1, 0.15) is 5.60 Å². The van der Waals surface area contributed by atoms with Crippen LogP contribution in [0.25, 0.3) is 0 Å². The van der Waals surface area contributed by atoms with Crippen LogP contribution in [0, 0.1) is 5.92 Å². The zero-order chi connectivity index (χ0) is 17.0. The van der Waals surface area contributed by atoms with Gasteiger partial charge in [-0.2, -0.15) is 0 Å². The summed E-state index contributed by atoms with van der Waals surface area (Å²) in [6.07, 6.45) is 5.15. The molecule has 0 saturated carbocycles. The van der Waals surface area contributed by atoms with Crippen LogP contribution in [-0.4, -0.2) is 73.2 Å². The van der Waals surface area contributed by atoms with Crippen molar-refractivity contribution in [3.63, 3.8) is 0 Å². The molecule has 3 rings (SSSR count). The van der Waals surface area contributed by atoms with E-state index in [2.05, 4.69) is 4.98 Å². The van der Waals surface area contributed by atoms with Crippen molar-refractivity contribution in [1.82, 2.24) is 14.8 Å². The highest BCUT2D eigenvalue weighted by atomic mass is 16.5. The van der Waals surface area contributed by atoms with Crippen molar-refractivity contribution in [2.24, 2.45) is 5.92 Å². The normalized spacial score (nSPS) is 22.1. The Morgan fingerprint density at radius 2 is 2.17 bits per heavy atom. The molecule has 1 spiro atoms. The van der Waals surface area contributed by atoms with Gasteiger partial charge in [0.2, 0.25) is 5.91 Å². The number of aromatic nitrogens is 1. The van der Waals surface area contributed by atoms with Crippen molar-refractivity contribution in [3.8, 4) is 0 Å². The van der Waals surface area contributed by atoms with E-state index in [0.29, 0.717) is 38.6 Å². The van der Waals surface area contributed by atoms with Crippen LogP contribution < -0.4 is 0 Å². The first kappa shape index (κ1) is 17.3. The lowest BCUT2D eigenvalue weighted by Gasteiger charge is -2.50. The zero-order valence-corrected chi connectivity index (χ0v) is 14.6. The van der Waals surface area contributed by atoms with Crippen molar-refractivity contribution < 1.29 is 14.3 Å². The molecule has 3 heterocycles. The highest BCUT2D eigenvalue weighted by Crippen LogP contribution is 2.40. The molecule has 6 nitrogen and oxygen atoms in total. The lowest BCUT2D eigenvalue weighted by Crippen LogP contribution is -2.66. The maximum absolute atomic E-state index is 12.2. The van der Waals surface area contributed by atoms with Crippen LogP contribution in [0.3, 0.4) is 0 Å². The number of likely N-dealkylation sites (tertiary alicyclic amines) is 1. The highest BCUT2D eigenvalue weighted by molar-refractivity contribution is 5.77. The topological polar surface area (TPSA) is 54.9 Å². The van der Waals surface area contributed by atoms with E-state index in [9.17, 15) is 4.79 Å². The van der Waals surface area contributed by atoms with Crippen LogP contribution in [0.15, 0.2) is 24.5 Å². The van der Waals surface area contributed by atoms with E-state index in [1.165, 1.54) is 0 Å². The number of hydrogen-bond acceptors (Lipinski definition) is 5. The van der Waals surface area contributed by atoms with E-state index in [1.807, 2.05) is 36.0 Å². The summed E-state index contributed by atoms with van der Waals surface area (Å²) in [5.74, 6) is 0.596. The van der Waals surface area contributed by atoms with Gasteiger partial charge >= 0.3 is 0 Å². The van der Waals surface area contributed by atoms with Crippen LogP contribution >= 0.6 is 0 Å². The number of ether oxygens (including phenoxy) is 2. The fraction of sp³-hybridized carbons (Fsp3) is 0.667. The molecule has 2 fully saturated rings. The van der Waals surface area contributed by atoms with Crippen LogP contribution in [0.2, 0.25) is 0 Å². The number of carbonyl (C=O) groups excluding carboxylic acids is 1. The van der Waals surface area contributed by atoms with Crippen LogP contribution in [-0.2, 0) is 20.9 Å². The first-order valence-electron chi connectivity index (χ1n) is 8.62. The first-order valence-corrected chi connectivity index (χ1v) is 8.62. The summed E-state index contributed by atoms with van der Waals surface area (Å²) in [4.78, 5) is 20.2. The Bertz CT molecular complexity index is 544. The van der Waals surface area contributed by atoms with Crippen molar-refractivity contribution in [2.45, 2.75) is 25.0 Å². The Morgan fingerprint density at radius 1 is 1.42 bits per heavy atom. The number of nitrogens with zero attached hydrogens (tertiary/aromatic N) is 3. The predicted molar refractivity (Wildman–Crippen MR) is 90.4 cm³/mol. The minimum Gasteiger partial charge on any atom is -0.376 e. The van der Waals surface area contributed by atoms with Gasteiger partial charge in [-0.3, -0.25) is 9.78 Å². The Hall–Kier alpha value is -1.50. The molecule has 0 radical (unpaired) electrons. The number of carbonyl (C=O) groups is 1. The first-order chi connectivity index (χ1) is 11.6. The number of amides is 1. The third-order valence-electron chi connectivity index (χ3n) is 4.98. The van der Waals surface area contributed by atoms with Crippen molar-refractivity contribution in [1.29, 1.82) is 0 Å². The van der Waals surface area contributed by atoms with E-state index in [-0.39, 0.29) is 11.5 Å². The van der Waals surface area contributed by atoms with Crippen molar-refractivity contribution in [3.05, 3.63) is 30.1 Å². The summed E-state index contributed by atoms with van der Waals surface area (Å²) < 4.78 is 11.9. The molecule has 1 aromatic rings. The van der Waals surface area contributed by atoms with Gasteiger partial charge < -0.3 is 19.3 Å². The maximum Gasteiger partial charge on any atom is 0.224 e. The lowest BCUT2D eigenvalue weighted by atomic mass is 9.81. The Morgan fingerprint density at radius 3 is 2.88 bits per heavy atom. The quantitative estimate of drug-likeness (QED) is 0.750. The Kier molecular flexibility index (Phi) is 5.48. The fourth-order valence-electron chi connectivity index (χ4n) is 3.42. The molecule has 24 heavy (non-hydrogen) atoms. The van der Waals surface area contributed by atoms with Gasteiger partial charge in [-0.1, -0.05) is 0 Å². The molecule has 0 unspecified atom stereocenters. The molecular formula is C18H27N3O3. The highest BCUT2D eigenvalue weighted by Gasteiger charge is 2.54. The molecule has 2 aliphatic rings. The van der Waals surface area contributed by atoms with Gasteiger partial charge in [-0.15, -0.1) is 0 Å². The van der Waals surface area contributed by atoms with E-state index in [1.54, 1.807) is 12.4 Å². The van der Waals surface area contributed by atoms with E-state index in [0.717, 1.165) is 25.1 Å². The largest absolute Gasteiger partial charge is 0.376 e. The summed E-state index contributed by atoms with van der Waals surface area (Å²) in [6, 6.07) is 3.94. The smallest absolute Gasteiger partial charge is 0.224 e. The molecule has 1 amide bonds. The molecule has 0 N–H and O–H groups in total. The zero-order valence-electron chi connectivity index (χ0n) is 14.6. The third kappa shape index (κ3) is 3.94. The summed E-state index contributed by atoms with van der Waals surface area (Å²) in [5.41, 5.74) is 0.957. The summed E-state index contributed by atoms with van der Waals surface area (Å²) in [6.45, 7) is 4.26. The van der Waals surface area contributed by atoms with Crippen LogP contribution in [0.4, 0.5) is 0 Å². The van der Waals surface area contributed by atoms with Gasteiger partial charge in [0.15, 0.2) is 0 Å². The summed E-state index contributed by atoms with van der Waals surface area (Å²) in [5, 5.41) is 0. The minimum absolute atomic E-state index is 0.175. The average molecular weight is 333 g/mol. The number of hydrogen-bond donors (Lipinski definition) is 0. The molecule has 132 valence electrons. The lowest BCUT2D eigenvalue weighted by molar-refractivity contribution is -0.169. The average Bonchev–Trinajstić information content (AvgIpc) is 2.96. The second kappa shape index (κ2) is 7.59. The second-order valence-electron chi connectivity index (χ2n) is 7.07. The fourth-order valence-corrected chi connectivity index (χ4v) is 3.42. The van der Waals surface area contributed by atoms with E-state index >= 15 is 0 Å². The molecule has 0 bridgehead atoms. The molecule has 1 atom stereocenters. The monoisotopic (exact) mass is 333 g/mol. The predicted octanol–water partition coefficient (Wildman–Crippen LogP) is 1.17. The van der Waals surface area contributed by atoms with Crippen molar-refractivity contribution in [2.75, 3.05) is 46.9 Å². The van der Waals surface area contributed by atoms with E-state index < -0.39 is 0 Å². The SMILES string of the molecule is CN(C)CCC(=O)N1CC2(C1)OCC[C@H]2COCc1ccncc1. The Labute approximate surface area is 143 Å². The molecular weight excluding hydrogens is 306 g/mol. The maximum atomic E-state index is 12.2. The third-order valence-corrected chi connectivity index (χ3v) is 4.98. The van der Waals surface area contributed by atoms with E-state index in [4.69, 9.17) is 9.47 Å². The van der Waals surface area contributed by atoms with Crippen LogP contribution in [0.5, 0.6) is 0 Å². The Balaban J connectivity index is 1.44. The molecule has 1 aromatic heterocycles.